The Morgan fingerprint density at radius 3 is 2.83 bits per heavy atom. The number of nitrogens with zero attached hydrogens (tertiary/aromatic N) is 2. The minimum absolute atomic E-state index is 0.126. The van der Waals surface area contributed by atoms with Gasteiger partial charge in [-0.2, -0.15) is 4.98 Å². The Hall–Kier alpha value is -0.940. The van der Waals surface area contributed by atoms with Crippen molar-refractivity contribution in [2.24, 2.45) is 11.5 Å². The fraction of sp³-hybridized carbons (Fsp3) is 0.714. The number of nitrogens with two attached hydrogens (primary N) is 2. The van der Waals surface area contributed by atoms with Crippen molar-refractivity contribution < 1.29 is 4.52 Å². The van der Waals surface area contributed by atoms with E-state index in [0.717, 1.165) is 12.8 Å². The highest BCUT2D eigenvalue weighted by molar-refractivity contribution is 4.92. The third-order valence-electron chi connectivity index (χ3n) is 1.59. The van der Waals surface area contributed by atoms with Gasteiger partial charge in [0.1, 0.15) is 0 Å². The summed E-state index contributed by atoms with van der Waals surface area (Å²) >= 11 is 0. The molecule has 12 heavy (non-hydrogen) atoms. The van der Waals surface area contributed by atoms with Crippen LogP contribution < -0.4 is 11.5 Å². The van der Waals surface area contributed by atoms with Crippen molar-refractivity contribution in [2.75, 3.05) is 0 Å². The van der Waals surface area contributed by atoms with Gasteiger partial charge >= 0.3 is 0 Å². The lowest BCUT2D eigenvalue weighted by atomic mass is 10.2. The number of hydrogen-bond donors (Lipinski definition) is 2. The molecule has 1 rings (SSSR count). The van der Waals surface area contributed by atoms with E-state index in [2.05, 4.69) is 17.1 Å². The summed E-state index contributed by atoms with van der Waals surface area (Å²) < 4.78 is 4.82. The fourth-order valence-electron chi connectivity index (χ4n) is 0.942. The fourth-order valence-corrected chi connectivity index (χ4v) is 0.942. The first-order valence-electron chi connectivity index (χ1n) is 4.06. The van der Waals surface area contributed by atoms with E-state index >= 15 is 0 Å². The van der Waals surface area contributed by atoms with Crippen LogP contribution in [0.2, 0.25) is 0 Å². The summed E-state index contributed by atoms with van der Waals surface area (Å²) in [6.45, 7) is 2.33. The highest BCUT2D eigenvalue weighted by Crippen LogP contribution is 2.11. The molecule has 0 fully saturated rings. The zero-order valence-electron chi connectivity index (χ0n) is 7.16. The standard InChI is InChI=1S/C7H14N4O/c1-2-3-5(9)7-10-6(4-8)12-11-7/h5H,2-4,8-9H2,1H3. The predicted octanol–water partition coefficient (Wildman–Crippen LogP) is 0.328. The molecule has 0 spiro atoms. The molecular formula is C7H14N4O. The van der Waals surface area contributed by atoms with Crippen LogP contribution >= 0.6 is 0 Å². The van der Waals surface area contributed by atoms with Crippen molar-refractivity contribution in [1.82, 2.24) is 10.1 Å². The largest absolute Gasteiger partial charge is 0.338 e. The summed E-state index contributed by atoms with van der Waals surface area (Å²) in [4.78, 5) is 4.02. The number of aromatic nitrogens is 2. The van der Waals surface area contributed by atoms with Crippen molar-refractivity contribution in [3.63, 3.8) is 0 Å². The molecule has 4 N–H and O–H groups in total. The maximum Gasteiger partial charge on any atom is 0.240 e. The van der Waals surface area contributed by atoms with Gasteiger partial charge in [0, 0.05) is 0 Å². The van der Waals surface area contributed by atoms with Crippen LogP contribution in [-0.2, 0) is 6.54 Å². The Kier molecular flexibility index (Phi) is 3.19. The topological polar surface area (TPSA) is 91.0 Å². The summed E-state index contributed by atoms with van der Waals surface area (Å²) in [5.74, 6) is 0.994. The van der Waals surface area contributed by atoms with E-state index in [1.165, 1.54) is 0 Å². The zero-order valence-corrected chi connectivity index (χ0v) is 7.16. The van der Waals surface area contributed by atoms with E-state index in [9.17, 15) is 0 Å². The van der Waals surface area contributed by atoms with Crippen LogP contribution in [0.15, 0.2) is 4.52 Å². The van der Waals surface area contributed by atoms with Crippen molar-refractivity contribution in [3.05, 3.63) is 11.7 Å². The Morgan fingerprint density at radius 2 is 2.33 bits per heavy atom. The minimum atomic E-state index is -0.126. The molecule has 0 saturated heterocycles. The van der Waals surface area contributed by atoms with E-state index in [0.29, 0.717) is 11.7 Å². The van der Waals surface area contributed by atoms with Gasteiger partial charge in [0.05, 0.1) is 12.6 Å². The Balaban J connectivity index is 2.61. The summed E-state index contributed by atoms with van der Waals surface area (Å²) in [7, 11) is 0. The predicted molar refractivity (Wildman–Crippen MR) is 44.0 cm³/mol. The zero-order chi connectivity index (χ0) is 8.97. The second-order valence-electron chi connectivity index (χ2n) is 2.65. The first-order valence-corrected chi connectivity index (χ1v) is 4.06. The second kappa shape index (κ2) is 4.18. The number of hydrogen-bond acceptors (Lipinski definition) is 5. The van der Waals surface area contributed by atoms with E-state index in [1.54, 1.807) is 0 Å². The minimum Gasteiger partial charge on any atom is -0.338 e. The van der Waals surface area contributed by atoms with Gasteiger partial charge in [-0.1, -0.05) is 18.5 Å². The van der Waals surface area contributed by atoms with Crippen LogP contribution in [0.1, 0.15) is 37.5 Å². The highest BCUT2D eigenvalue weighted by Gasteiger charge is 2.11. The lowest BCUT2D eigenvalue weighted by Gasteiger charge is -2.02. The maximum atomic E-state index is 5.75. The normalized spacial score (nSPS) is 13.2. The van der Waals surface area contributed by atoms with Gasteiger partial charge in [0.25, 0.3) is 0 Å². The lowest BCUT2D eigenvalue weighted by molar-refractivity contribution is 0.370. The molecule has 5 nitrogen and oxygen atoms in total. The Labute approximate surface area is 71.1 Å². The maximum absolute atomic E-state index is 5.75. The van der Waals surface area contributed by atoms with Gasteiger partial charge < -0.3 is 16.0 Å². The molecular weight excluding hydrogens is 156 g/mol. The molecule has 0 bridgehead atoms. The third kappa shape index (κ3) is 2.02. The van der Waals surface area contributed by atoms with E-state index < -0.39 is 0 Å². The Morgan fingerprint density at radius 1 is 1.58 bits per heavy atom. The van der Waals surface area contributed by atoms with E-state index in [1.807, 2.05) is 0 Å². The van der Waals surface area contributed by atoms with Crippen LogP contribution in [0.25, 0.3) is 0 Å². The summed E-state index contributed by atoms with van der Waals surface area (Å²) in [6.07, 6.45) is 1.87. The molecule has 0 amide bonds. The first kappa shape index (κ1) is 9.15. The molecule has 0 aromatic carbocycles. The van der Waals surface area contributed by atoms with Crippen molar-refractivity contribution in [3.8, 4) is 0 Å². The van der Waals surface area contributed by atoms with Gasteiger partial charge in [0.15, 0.2) is 5.82 Å². The lowest BCUT2D eigenvalue weighted by Crippen LogP contribution is -2.11. The van der Waals surface area contributed by atoms with E-state index in [-0.39, 0.29) is 12.6 Å². The molecule has 1 heterocycles. The van der Waals surface area contributed by atoms with Crippen molar-refractivity contribution in [1.29, 1.82) is 0 Å². The first-order chi connectivity index (χ1) is 5.77. The van der Waals surface area contributed by atoms with Gasteiger partial charge in [-0.25, -0.2) is 0 Å². The van der Waals surface area contributed by atoms with Gasteiger partial charge in [-0.3, -0.25) is 0 Å². The molecule has 5 heteroatoms. The van der Waals surface area contributed by atoms with Crippen LogP contribution in [0.4, 0.5) is 0 Å². The molecule has 1 aromatic rings. The SMILES string of the molecule is CCCC(N)c1noc(CN)n1. The smallest absolute Gasteiger partial charge is 0.240 e. The molecule has 0 radical (unpaired) electrons. The highest BCUT2D eigenvalue weighted by atomic mass is 16.5. The van der Waals surface area contributed by atoms with Crippen LogP contribution in [0, 0.1) is 0 Å². The average Bonchev–Trinajstić information content (AvgIpc) is 2.52. The quantitative estimate of drug-likeness (QED) is 0.679. The van der Waals surface area contributed by atoms with Gasteiger partial charge in [0.2, 0.25) is 5.89 Å². The van der Waals surface area contributed by atoms with Crippen LogP contribution in [0.3, 0.4) is 0 Å². The van der Waals surface area contributed by atoms with Crippen LogP contribution in [0.5, 0.6) is 0 Å². The number of rotatable bonds is 4. The second-order valence-corrected chi connectivity index (χ2v) is 2.65. The van der Waals surface area contributed by atoms with Gasteiger partial charge in [-0.05, 0) is 6.42 Å². The third-order valence-corrected chi connectivity index (χ3v) is 1.59. The monoisotopic (exact) mass is 170 g/mol. The summed E-state index contributed by atoms with van der Waals surface area (Å²) in [5, 5.41) is 3.71. The molecule has 0 saturated carbocycles. The average molecular weight is 170 g/mol. The Bertz CT molecular complexity index is 235. The molecule has 0 aliphatic heterocycles. The van der Waals surface area contributed by atoms with E-state index in [4.69, 9.17) is 16.0 Å². The molecule has 1 unspecified atom stereocenters. The summed E-state index contributed by atoms with van der Waals surface area (Å²) in [5.41, 5.74) is 11.0. The van der Waals surface area contributed by atoms with Crippen molar-refractivity contribution in [2.45, 2.75) is 32.4 Å². The van der Waals surface area contributed by atoms with Crippen molar-refractivity contribution >= 4 is 0 Å². The molecule has 1 atom stereocenters. The molecule has 68 valence electrons. The summed E-state index contributed by atoms with van der Waals surface area (Å²) in [6, 6.07) is -0.126. The molecule has 1 aromatic heterocycles. The van der Waals surface area contributed by atoms with Gasteiger partial charge in [-0.15, -0.1) is 0 Å². The van der Waals surface area contributed by atoms with Crippen LogP contribution in [-0.4, -0.2) is 10.1 Å². The molecule has 0 aliphatic carbocycles. The molecule has 0 aliphatic rings.